The van der Waals surface area contributed by atoms with Crippen molar-refractivity contribution in [3.63, 3.8) is 0 Å². The highest BCUT2D eigenvalue weighted by atomic mass is 19.2. The number of imidazole rings is 2. The summed E-state index contributed by atoms with van der Waals surface area (Å²) >= 11 is 0. The third-order valence-electron chi connectivity index (χ3n) is 2.81. The number of hydrogen-bond donors (Lipinski definition) is 2. The topological polar surface area (TPSA) is 72.5 Å². The zero-order valence-electron chi connectivity index (χ0n) is 9.90. The molecule has 2 aromatic heterocycles. The summed E-state index contributed by atoms with van der Waals surface area (Å²) in [5.41, 5.74) is 6.41. The molecule has 98 valence electrons. The first-order valence-corrected chi connectivity index (χ1v) is 5.75. The van der Waals surface area contributed by atoms with Crippen molar-refractivity contribution < 1.29 is 8.78 Å². The first-order valence-electron chi connectivity index (χ1n) is 5.75. The smallest absolute Gasteiger partial charge is 0.186 e. The van der Waals surface area contributed by atoms with Crippen molar-refractivity contribution in [2.24, 2.45) is 5.73 Å². The lowest BCUT2D eigenvalue weighted by Gasteiger charge is -1.94. The number of halogens is 2. The normalized spacial score (nSPS) is 11.3. The van der Waals surface area contributed by atoms with Gasteiger partial charge in [-0.2, -0.15) is 0 Å². The van der Waals surface area contributed by atoms with E-state index in [0.29, 0.717) is 30.1 Å². The Morgan fingerprint density at radius 2 is 2.16 bits per heavy atom. The lowest BCUT2D eigenvalue weighted by atomic mass is 10.3. The van der Waals surface area contributed by atoms with Gasteiger partial charge in [0.05, 0.1) is 11.8 Å². The molecule has 19 heavy (non-hydrogen) atoms. The van der Waals surface area contributed by atoms with Crippen molar-refractivity contribution in [1.29, 1.82) is 0 Å². The Bertz CT molecular complexity index is 731. The summed E-state index contributed by atoms with van der Waals surface area (Å²) in [4.78, 5) is 11.1. The van der Waals surface area contributed by atoms with E-state index in [1.54, 1.807) is 17.1 Å². The average Bonchev–Trinajstić information content (AvgIpc) is 3.01. The van der Waals surface area contributed by atoms with Crippen LogP contribution in [0.4, 0.5) is 8.78 Å². The van der Waals surface area contributed by atoms with Crippen molar-refractivity contribution in [2.75, 3.05) is 6.54 Å². The fourth-order valence-corrected chi connectivity index (χ4v) is 1.89. The third-order valence-corrected chi connectivity index (χ3v) is 2.81. The number of rotatable bonds is 3. The molecule has 0 saturated heterocycles. The van der Waals surface area contributed by atoms with Crippen LogP contribution in [0.2, 0.25) is 0 Å². The first kappa shape index (κ1) is 11.8. The first-order chi connectivity index (χ1) is 9.19. The molecule has 3 aromatic rings. The summed E-state index contributed by atoms with van der Waals surface area (Å²) in [6.45, 7) is 1.13. The van der Waals surface area contributed by atoms with Crippen LogP contribution in [0.3, 0.4) is 0 Å². The summed E-state index contributed by atoms with van der Waals surface area (Å²) in [7, 11) is 0. The Labute approximate surface area is 107 Å². The SMILES string of the molecule is NCCn1cnc(-c2nc3c(F)c(F)ccc3[nH]2)c1. The van der Waals surface area contributed by atoms with E-state index in [0.717, 1.165) is 6.07 Å². The van der Waals surface area contributed by atoms with Crippen LogP contribution < -0.4 is 5.73 Å². The molecule has 5 nitrogen and oxygen atoms in total. The molecule has 3 rings (SSSR count). The average molecular weight is 263 g/mol. The van der Waals surface area contributed by atoms with Gasteiger partial charge >= 0.3 is 0 Å². The van der Waals surface area contributed by atoms with Crippen LogP contribution in [-0.2, 0) is 6.54 Å². The molecule has 0 saturated carbocycles. The quantitative estimate of drug-likeness (QED) is 0.754. The maximum atomic E-state index is 13.6. The van der Waals surface area contributed by atoms with E-state index in [1.165, 1.54) is 6.07 Å². The molecular weight excluding hydrogens is 252 g/mol. The number of aromatic nitrogens is 4. The van der Waals surface area contributed by atoms with E-state index in [4.69, 9.17) is 5.73 Å². The zero-order valence-corrected chi connectivity index (χ0v) is 9.90. The number of nitrogens with one attached hydrogen (secondary N) is 1. The Morgan fingerprint density at radius 3 is 2.95 bits per heavy atom. The number of aromatic amines is 1. The monoisotopic (exact) mass is 263 g/mol. The van der Waals surface area contributed by atoms with Crippen LogP contribution in [-0.4, -0.2) is 26.1 Å². The van der Waals surface area contributed by atoms with Gasteiger partial charge in [0, 0.05) is 19.3 Å². The second-order valence-corrected chi connectivity index (χ2v) is 4.13. The van der Waals surface area contributed by atoms with Gasteiger partial charge in [0.1, 0.15) is 11.2 Å². The fraction of sp³-hybridized carbons (Fsp3) is 0.167. The van der Waals surface area contributed by atoms with Gasteiger partial charge in [0.25, 0.3) is 0 Å². The van der Waals surface area contributed by atoms with Gasteiger partial charge in [0.2, 0.25) is 0 Å². The second-order valence-electron chi connectivity index (χ2n) is 4.13. The summed E-state index contributed by atoms with van der Waals surface area (Å²) < 4.78 is 28.5. The van der Waals surface area contributed by atoms with E-state index in [2.05, 4.69) is 15.0 Å². The highest BCUT2D eigenvalue weighted by Crippen LogP contribution is 2.22. The molecule has 2 heterocycles. The second kappa shape index (κ2) is 4.43. The van der Waals surface area contributed by atoms with Gasteiger partial charge in [-0.15, -0.1) is 0 Å². The molecule has 0 aliphatic carbocycles. The van der Waals surface area contributed by atoms with Gasteiger partial charge in [0.15, 0.2) is 17.5 Å². The maximum Gasteiger partial charge on any atom is 0.186 e. The lowest BCUT2D eigenvalue weighted by molar-refractivity contribution is 0.515. The minimum absolute atomic E-state index is 0.0247. The fourth-order valence-electron chi connectivity index (χ4n) is 1.89. The maximum absolute atomic E-state index is 13.6. The molecule has 3 N–H and O–H groups in total. The number of fused-ring (bicyclic) bond motifs is 1. The predicted octanol–water partition coefficient (Wildman–Crippen LogP) is 1.66. The van der Waals surface area contributed by atoms with Crippen LogP contribution in [0.15, 0.2) is 24.7 Å². The molecule has 0 aliphatic heterocycles. The summed E-state index contributed by atoms with van der Waals surface area (Å²) in [6.07, 6.45) is 3.37. The number of nitrogens with two attached hydrogens (primary N) is 1. The molecule has 0 amide bonds. The van der Waals surface area contributed by atoms with Gasteiger partial charge in [-0.3, -0.25) is 0 Å². The third kappa shape index (κ3) is 1.97. The largest absolute Gasteiger partial charge is 0.337 e. The molecule has 0 radical (unpaired) electrons. The van der Waals surface area contributed by atoms with Gasteiger partial charge in [-0.25, -0.2) is 18.7 Å². The highest BCUT2D eigenvalue weighted by Gasteiger charge is 2.14. The number of H-pyrrole nitrogens is 1. The van der Waals surface area contributed by atoms with Crippen molar-refractivity contribution in [3.8, 4) is 11.5 Å². The molecule has 0 fully saturated rings. The Hall–Kier alpha value is -2.28. The van der Waals surface area contributed by atoms with Crippen molar-refractivity contribution in [3.05, 3.63) is 36.3 Å². The predicted molar refractivity (Wildman–Crippen MR) is 66.3 cm³/mol. The van der Waals surface area contributed by atoms with Gasteiger partial charge in [-0.1, -0.05) is 0 Å². The van der Waals surface area contributed by atoms with Crippen molar-refractivity contribution in [2.45, 2.75) is 6.54 Å². The summed E-state index contributed by atoms with van der Waals surface area (Å²) in [6, 6.07) is 2.51. The Kier molecular flexibility index (Phi) is 2.75. The highest BCUT2D eigenvalue weighted by molar-refractivity contribution is 5.79. The van der Waals surface area contributed by atoms with Crippen LogP contribution in [0, 0.1) is 11.6 Å². The number of hydrogen-bond acceptors (Lipinski definition) is 3. The Balaban J connectivity index is 2.07. The number of nitrogens with zero attached hydrogens (tertiary/aromatic N) is 3. The lowest BCUT2D eigenvalue weighted by Crippen LogP contribution is -2.07. The molecule has 0 atom stereocenters. The van der Waals surface area contributed by atoms with Gasteiger partial charge < -0.3 is 15.3 Å². The molecule has 0 unspecified atom stereocenters. The standard InChI is InChI=1S/C12H11F2N5/c13-7-1-2-8-11(10(7)14)18-12(17-8)9-5-19(4-3-15)6-16-9/h1-2,5-6H,3-4,15H2,(H,17,18). The summed E-state index contributed by atoms with van der Waals surface area (Å²) in [5, 5.41) is 0. The van der Waals surface area contributed by atoms with Crippen LogP contribution in [0.25, 0.3) is 22.6 Å². The van der Waals surface area contributed by atoms with Gasteiger partial charge in [-0.05, 0) is 12.1 Å². The van der Waals surface area contributed by atoms with E-state index in [-0.39, 0.29) is 5.52 Å². The van der Waals surface area contributed by atoms with E-state index in [1.807, 2.05) is 0 Å². The van der Waals surface area contributed by atoms with E-state index in [9.17, 15) is 8.78 Å². The minimum atomic E-state index is -0.957. The van der Waals surface area contributed by atoms with Crippen LogP contribution in [0.1, 0.15) is 0 Å². The molecule has 7 heteroatoms. The molecule has 0 spiro atoms. The van der Waals surface area contributed by atoms with Crippen LogP contribution >= 0.6 is 0 Å². The number of benzene rings is 1. The van der Waals surface area contributed by atoms with E-state index < -0.39 is 11.6 Å². The van der Waals surface area contributed by atoms with E-state index >= 15 is 0 Å². The van der Waals surface area contributed by atoms with Crippen LogP contribution in [0.5, 0.6) is 0 Å². The summed E-state index contributed by atoms with van der Waals surface area (Å²) in [5.74, 6) is -1.48. The minimum Gasteiger partial charge on any atom is -0.337 e. The van der Waals surface area contributed by atoms with Crippen molar-refractivity contribution in [1.82, 2.24) is 19.5 Å². The zero-order chi connectivity index (χ0) is 13.4. The van der Waals surface area contributed by atoms with Crippen molar-refractivity contribution >= 4 is 11.0 Å². The molecule has 0 aliphatic rings. The Morgan fingerprint density at radius 1 is 1.32 bits per heavy atom. The molecule has 1 aromatic carbocycles. The molecular formula is C12H11F2N5. The molecule has 0 bridgehead atoms.